The average Bonchev–Trinajstić information content (AvgIpc) is 2.77. The van der Waals surface area contributed by atoms with Gasteiger partial charge in [-0.2, -0.15) is 0 Å². The van der Waals surface area contributed by atoms with Crippen molar-refractivity contribution in [1.82, 2.24) is 5.32 Å². The van der Waals surface area contributed by atoms with Gasteiger partial charge < -0.3 is 15.2 Å². The summed E-state index contributed by atoms with van der Waals surface area (Å²) < 4.78 is 5.15. The number of aliphatic hydroxyl groups is 1. The average molecular weight is 199 g/mol. The van der Waals surface area contributed by atoms with Gasteiger partial charge in [-0.05, 0) is 25.7 Å². The van der Waals surface area contributed by atoms with Gasteiger partial charge >= 0.3 is 0 Å². The maximum Gasteiger partial charge on any atom is 0.225 e. The highest BCUT2D eigenvalue weighted by Crippen LogP contribution is 2.20. The Morgan fingerprint density at radius 2 is 2.21 bits per heavy atom. The van der Waals surface area contributed by atoms with Gasteiger partial charge in [-0.15, -0.1) is 0 Å². The van der Waals surface area contributed by atoms with Gasteiger partial charge in [0.15, 0.2) is 0 Å². The Labute approximate surface area is 83.6 Å². The maximum atomic E-state index is 11.6. The minimum Gasteiger partial charge on any atom is -0.391 e. The number of amides is 1. The molecule has 14 heavy (non-hydrogen) atoms. The Balaban J connectivity index is 1.81. The Kier molecular flexibility index (Phi) is 3.03. The zero-order chi connectivity index (χ0) is 9.97. The summed E-state index contributed by atoms with van der Waals surface area (Å²) in [4.78, 5) is 11.6. The fourth-order valence-corrected chi connectivity index (χ4v) is 2.15. The van der Waals surface area contributed by atoms with E-state index in [4.69, 9.17) is 4.74 Å². The van der Waals surface area contributed by atoms with Crippen LogP contribution in [0.4, 0.5) is 0 Å². The molecule has 2 N–H and O–H groups in total. The maximum absolute atomic E-state index is 11.6. The van der Waals surface area contributed by atoms with Crippen molar-refractivity contribution in [3.63, 3.8) is 0 Å². The molecule has 1 heterocycles. The summed E-state index contributed by atoms with van der Waals surface area (Å²) in [6.45, 7) is 1.22. The lowest BCUT2D eigenvalue weighted by Gasteiger charge is -2.18. The fourth-order valence-electron chi connectivity index (χ4n) is 2.15. The number of aliphatic hydroxyl groups excluding tert-OH is 1. The van der Waals surface area contributed by atoms with Crippen LogP contribution < -0.4 is 5.32 Å². The van der Waals surface area contributed by atoms with Crippen LogP contribution in [-0.2, 0) is 9.53 Å². The largest absolute Gasteiger partial charge is 0.391 e. The van der Waals surface area contributed by atoms with Gasteiger partial charge in [0, 0.05) is 6.61 Å². The van der Waals surface area contributed by atoms with Gasteiger partial charge in [-0.25, -0.2) is 0 Å². The second-order valence-corrected chi connectivity index (χ2v) is 4.17. The summed E-state index contributed by atoms with van der Waals surface area (Å²) >= 11 is 0. The first kappa shape index (κ1) is 9.93. The van der Waals surface area contributed by atoms with E-state index in [1.807, 2.05) is 0 Å². The number of carbonyl (C=O) groups is 1. The van der Waals surface area contributed by atoms with E-state index in [-0.39, 0.29) is 24.0 Å². The van der Waals surface area contributed by atoms with Crippen LogP contribution >= 0.6 is 0 Å². The smallest absolute Gasteiger partial charge is 0.225 e. The number of rotatable bonds is 2. The first-order chi connectivity index (χ1) is 6.77. The van der Waals surface area contributed by atoms with Crippen LogP contribution in [0.15, 0.2) is 0 Å². The van der Waals surface area contributed by atoms with Crippen molar-refractivity contribution in [3.05, 3.63) is 0 Å². The minimum atomic E-state index is -0.346. The summed E-state index contributed by atoms with van der Waals surface area (Å²) in [6, 6.07) is -0.0249. The van der Waals surface area contributed by atoms with Gasteiger partial charge in [-0.1, -0.05) is 0 Å². The Hall–Kier alpha value is -0.610. The van der Waals surface area contributed by atoms with E-state index in [1.165, 1.54) is 0 Å². The van der Waals surface area contributed by atoms with Crippen molar-refractivity contribution in [1.29, 1.82) is 0 Å². The molecular formula is C10H17NO3. The van der Waals surface area contributed by atoms with Gasteiger partial charge in [-0.3, -0.25) is 4.79 Å². The van der Waals surface area contributed by atoms with Crippen molar-refractivity contribution in [2.45, 2.75) is 37.8 Å². The normalized spacial score (nSPS) is 37.4. The molecule has 2 fully saturated rings. The third kappa shape index (κ3) is 2.07. The molecule has 0 bridgehead atoms. The monoisotopic (exact) mass is 199 g/mol. The molecule has 1 amide bonds. The molecule has 3 unspecified atom stereocenters. The lowest BCUT2D eigenvalue weighted by Crippen LogP contribution is -2.43. The van der Waals surface area contributed by atoms with Crippen LogP contribution in [0.2, 0.25) is 0 Å². The van der Waals surface area contributed by atoms with Gasteiger partial charge in [0.2, 0.25) is 5.91 Å². The highest BCUT2D eigenvalue weighted by Gasteiger charge is 2.30. The predicted molar refractivity (Wildman–Crippen MR) is 50.7 cm³/mol. The zero-order valence-corrected chi connectivity index (χ0v) is 8.24. The fraction of sp³-hybridized carbons (Fsp3) is 0.900. The molecule has 0 aromatic heterocycles. The molecule has 3 atom stereocenters. The Bertz CT molecular complexity index is 213. The van der Waals surface area contributed by atoms with Crippen molar-refractivity contribution in [3.8, 4) is 0 Å². The molecule has 4 nitrogen and oxygen atoms in total. The van der Waals surface area contributed by atoms with Gasteiger partial charge in [0.05, 0.1) is 24.7 Å². The van der Waals surface area contributed by atoms with E-state index in [0.29, 0.717) is 13.2 Å². The van der Waals surface area contributed by atoms with Crippen LogP contribution in [0.3, 0.4) is 0 Å². The van der Waals surface area contributed by atoms with E-state index < -0.39 is 0 Å². The van der Waals surface area contributed by atoms with E-state index in [0.717, 1.165) is 25.7 Å². The first-order valence-electron chi connectivity index (χ1n) is 5.33. The molecule has 0 aromatic carbocycles. The lowest BCUT2D eigenvalue weighted by atomic mass is 10.1. The molecule has 1 saturated heterocycles. The molecule has 2 aliphatic rings. The Morgan fingerprint density at radius 3 is 2.79 bits per heavy atom. The quantitative estimate of drug-likeness (QED) is 0.661. The number of nitrogens with one attached hydrogen (secondary N) is 1. The summed E-state index contributed by atoms with van der Waals surface area (Å²) in [5.74, 6) is 0.0521. The van der Waals surface area contributed by atoms with Crippen molar-refractivity contribution >= 4 is 5.91 Å². The predicted octanol–water partition coefficient (Wildman–Crippen LogP) is 0.0525. The van der Waals surface area contributed by atoms with Crippen LogP contribution in [0, 0.1) is 5.92 Å². The molecule has 80 valence electrons. The Morgan fingerprint density at radius 1 is 1.36 bits per heavy atom. The third-order valence-corrected chi connectivity index (χ3v) is 3.11. The summed E-state index contributed by atoms with van der Waals surface area (Å²) in [5, 5.41) is 12.4. The molecular weight excluding hydrogens is 182 g/mol. The molecule has 1 aliphatic carbocycles. The number of carbonyl (C=O) groups excluding carboxylic acids is 1. The standard InChI is InChI=1S/C10H17NO3/c12-9-3-1-2-8(9)11-10(13)7-4-5-14-6-7/h7-9,12H,1-6H2,(H,11,13). The lowest BCUT2D eigenvalue weighted by molar-refractivity contribution is -0.126. The van der Waals surface area contributed by atoms with Crippen LogP contribution in [0.1, 0.15) is 25.7 Å². The molecule has 0 radical (unpaired) electrons. The van der Waals surface area contributed by atoms with Gasteiger partial charge in [0.1, 0.15) is 0 Å². The SMILES string of the molecule is O=C(NC1CCCC1O)C1CCOC1. The van der Waals surface area contributed by atoms with Crippen molar-refractivity contribution in [2.24, 2.45) is 5.92 Å². The van der Waals surface area contributed by atoms with Crippen LogP contribution in [0.25, 0.3) is 0 Å². The molecule has 4 heteroatoms. The van der Waals surface area contributed by atoms with Crippen LogP contribution in [0.5, 0.6) is 0 Å². The van der Waals surface area contributed by atoms with Crippen molar-refractivity contribution < 1.29 is 14.6 Å². The van der Waals surface area contributed by atoms with Crippen molar-refractivity contribution in [2.75, 3.05) is 13.2 Å². The van der Waals surface area contributed by atoms with E-state index in [1.54, 1.807) is 0 Å². The second-order valence-electron chi connectivity index (χ2n) is 4.17. The number of hydrogen-bond acceptors (Lipinski definition) is 3. The summed E-state index contributed by atoms with van der Waals surface area (Å²) in [6.07, 6.45) is 3.19. The molecule has 1 aliphatic heterocycles. The topological polar surface area (TPSA) is 58.6 Å². The molecule has 0 spiro atoms. The van der Waals surface area contributed by atoms with Crippen LogP contribution in [-0.4, -0.2) is 36.4 Å². The molecule has 0 aromatic rings. The minimum absolute atomic E-state index is 0.00259. The number of ether oxygens (including phenoxy) is 1. The van der Waals surface area contributed by atoms with E-state index in [9.17, 15) is 9.90 Å². The van der Waals surface area contributed by atoms with Gasteiger partial charge in [0.25, 0.3) is 0 Å². The third-order valence-electron chi connectivity index (χ3n) is 3.11. The molecule has 1 saturated carbocycles. The first-order valence-corrected chi connectivity index (χ1v) is 5.33. The molecule has 2 rings (SSSR count). The highest BCUT2D eigenvalue weighted by molar-refractivity contribution is 5.79. The number of hydrogen-bond donors (Lipinski definition) is 2. The zero-order valence-electron chi connectivity index (χ0n) is 8.24. The van der Waals surface area contributed by atoms with E-state index in [2.05, 4.69) is 5.32 Å². The highest BCUT2D eigenvalue weighted by atomic mass is 16.5. The second kappa shape index (κ2) is 4.28. The van der Waals surface area contributed by atoms with E-state index >= 15 is 0 Å². The summed E-state index contributed by atoms with van der Waals surface area (Å²) in [5.41, 5.74) is 0. The summed E-state index contributed by atoms with van der Waals surface area (Å²) in [7, 11) is 0.